The molecule has 41 heavy (non-hydrogen) atoms. The molecule has 0 saturated carbocycles. The minimum atomic E-state index is -1.61. The third kappa shape index (κ3) is 7.05. The standard InChI is InChI=1S/C29H30BrN5O6/c30-21-10-6-19(7-11-21)16-29(28(39)32-22(17-37)18-38)26(24-4-1-2-5-25(24)34-35-31)41-27(33-29)20-8-12-23(13-9-20)40-15-3-14-36/h1-2,4-13,22,26,36-38H,3,14-18H2,(H,32,39)/t26-,29-/m1/s1. The Labute approximate surface area is 245 Å². The number of rotatable bonds is 13. The molecule has 4 N–H and O–H groups in total. The molecule has 1 heterocycles. The van der Waals surface area contributed by atoms with Gasteiger partial charge in [-0.1, -0.05) is 57.4 Å². The lowest BCUT2D eigenvalue weighted by Crippen LogP contribution is -2.54. The van der Waals surface area contributed by atoms with Gasteiger partial charge < -0.3 is 30.1 Å². The highest BCUT2D eigenvalue weighted by Gasteiger charge is 2.54. The summed E-state index contributed by atoms with van der Waals surface area (Å²) < 4.78 is 12.9. The van der Waals surface area contributed by atoms with Crippen LogP contribution in [-0.2, 0) is 16.0 Å². The molecule has 0 bridgehead atoms. The van der Waals surface area contributed by atoms with Gasteiger partial charge in [0.25, 0.3) is 5.91 Å². The Morgan fingerprint density at radius 3 is 2.46 bits per heavy atom. The summed E-state index contributed by atoms with van der Waals surface area (Å²) >= 11 is 3.44. The lowest BCUT2D eigenvalue weighted by Gasteiger charge is -2.32. The summed E-state index contributed by atoms with van der Waals surface area (Å²) in [6.45, 7) is -0.576. The second-order valence-electron chi connectivity index (χ2n) is 9.38. The highest BCUT2D eigenvalue weighted by Crippen LogP contribution is 2.45. The van der Waals surface area contributed by atoms with Crippen LogP contribution in [0, 0.1) is 0 Å². The summed E-state index contributed by atoms with van der Waals surface area (Å²) in [4.78, 5) is 22.0. The number of benzene rings is 3. The van der Waals surface area contributed by atoms with E-state index in [0.29, 0.717) is 29.9 Å². The molecule has 12 heteroatoms. The molecule has 0 fully saturated rings. The van der Waals surface area contributed by atoms with E-state index in [1.165, 1.54) is 0 Å². The van der Waals surface area contributed by atoms with Crippen LogP contribution in [0.4, 0.5) is 5.69 Å². The Morgan fingerprint density at radius 1 is 1.10 bits per heavy atom. The van der Waals surface area contributed by atoms with E-state index in [2.05, 4.69) is 31.3 Å². The fourth-order valence-electron chi connectivity index (χ4n) is 4.48. The van der Waals surface area contributed by atoms with Crippen LogP contribution in [0.3, 0.4) is 0 Å². The molecule has 3 aromatic rings. The number of aliphatic hydroxyl groups excluding tert-OH is 3. The summed E-state index contributed by atoms with van der Waals surface area (Å²) in [6, 6.07) is 20.3. The molecule has 0 radical (unpaired) electrons. The Balaban J connectivity index is 1.85. The van der Waals surface area contributed by atoms with Crippen molar-refractivity contribution < 1.29 is 29.6 Å². The zero-order chi connectivity index (χ0) is 29.2. The molecular formula is C29H30BrN5O6. The van der Waals surface area contributed by atoms with Crippen molar-refractivity contribution in [2.45, 2.75) is 30.5 Å². The number of ether oxygens (including phenoxy) is 2. The van der Waals surface area contributed by atoms with Crippen LogP contribution in [0.5, 0.6) is 5.75 Å². The molecule has 0 saturated heterocycles. The van der Waals surface area contributed by atoms with Gasteiger partial charge in [-0.15, -0.1) is 0 Å². The van der Waals surface area contributed by atoms with Gasteiger partial charge >= 0.3 is 0 Å². The molecule has 2 atom stereocenters. The monoisotopic (exact) mass is 623 g/mol. The van der Waals surface area contributed by atoms with E-state index in [0.717, 1.165) is 10.0 Å². The first-order valence-electron chi connectivity index (χ1n) is 13.0. The number of halogens is 1. The minimum absolute atomic E-state index is 0.0252. The number of aliphatic hydroxyl groups is 3. The zero-order valence-electron chi connectivity index (χ0n) is 22.1. The van der Waals surface area contributed by atoms with Gasteiger partial charge in [-0.05, 0) is 47.5 Å². The van der Waals surface area contributed by atoms with Crippen LogP contribution in [0.25, 0.3) is 10.4 Å². The van der Waals surface area contributed by atoms with Crippen molar-refractivity contribution in [3.63, 3.8) is 0 Å². The molecule has 4 rings (SSSR count). The topological polar surface area (TPSA) is 169 Å². The summed E-state index contributed by atoms with van der Waals surface area (Å²) in [5, 5.41) is 35.0. The lowest BCUT2D eigenvalue weighted by molar-refractivity contribution is -0.130. The van der Waals surface area contributed by atoms with Crippen molar-refractivity contribution in [3.05, 3.63) is 104 Å². The highest BCUT2D eigenvalue weighted by molar-refractivity contribution is 9.10. The predicted molar refractivity (Wildman–Crippen MR) is 156 cm³/mol. The SMILES string of the molecule is [N-]=[N+]=Nc1ccccc1[C@H]1OC(c2ccc(OCCCO)cc2)=N[C@@]1(Cc1ccc(Br)cc1)C(=O)NC(CO)CO. The molecule has 214 valence electrons. The van der Waals surface area contributed by atoms with Crippen molar-refractivity contribution in [2.75, 3.05) is 26.4 Å². The van der Waals surface area contributed by atoms with Gasteiger partial charge in [-0.2, -0.15) is 0 Å². The van der Waals surface area contributed by atoms with Gasteiger partial charge in [0.2, 0.25) is 5.90 Å². The summed E-state index contributed by atoms with van der Waals surface area (Å²) in [5.41, 5.74) is 9.70. The van der Waals surface area contributed by atoms with Gasteiger partial charge in [0, 0.05) is 45.6 Å². The van der Waals surface area contributed by atoms with Crippen molar-refractivity contribution in [1.82, 2.24) is 5.32 Å². The smallest absolute Gasteiger partial charge is 0.253 e. The number of hydrogen-bond donors (Lipinski definition) is 4. The Kier molecular flexibility index (Phi) is 10.3. The molecule has 0 unspecified atom stereocenters. The molecule has 11 nitrogen and oxygen atoms in total. The third-order valence-corrected chi connectivity index (χ3v) is 7.09. The Hall–Kier alpha value is -3.93. The van der Waals surface area contributed by atoms with Crippen LogP contribution < -0.4 is 10.1 Å². The van der Waals surface area contributed by atoms with Crippen LogP contribution in [0.2, 0.25) is 0 Å². The average molecular weight is 624 g/mol. The Morgan fingerprint density at radius 2 is 1.80 bits per heavy atom. The number of amides is 1. The molecule has 1 aliphatic rings. The quantitative estimate of drug-likeness (QED) is 0.0965. The van der Waals surface area contributed by atoms with Crippen molar-refractivity contribution in [2.24, 2.45) is 10.1 Å². The van der Waals surface area contributed by atoms with Gasteiger partial charge in [0.1, 0.15) is 5.75 Å². The molecule has 1 aliphatic heterocycles. The highest BCUT2D eigenvalue weighted by atomic mass is 79.9. The van der Waals surface area contributed by atoms with Crippen molar-refractivity contribution in [1.29, 1.82) is 0 Å². The summed E-state index contributed by atoms with van der Waals surface area (Å²) in [7, 11) is 0. The fourth-order valence-corrected chi connectivity index (χ4v) is 4.74. The number of hydrogen-bond acceptors (Lipinski definition) is 8. The van der Waals surface area contributed by atoms with E-state index in [4.69, 9.17) is 19.6 Å². The maximum atomic E-state index is 14.1. The molecular weight excluding hydrogens is 594 g/mol. The van der Waals surface area contributed by atoms with E-state index < -0.39 is 36.8 Å². The minimum Gasteiger partial charge on any atom is -0.494 e. The van der Waals surface area contributed by atoms with Crippen LogP contribution in [0.15, 0.2) is 87.4 Å². The first kappa shape index (κ1) is 30.0. The molecule has 1 amide bonds. The van der Waals surface area contributed by atoms with E-state index in [-0.39, 0.29) is 24.6 Å². The molecule has 0 aliphatic carbocycles. The summed E-state index contributed by atoms with van der Waals surface area (Å²) in [6.07, 6.45) is -0.432. The number of carbonyl (C=O) groups excluding carboxylic acids is 1. The van der Waals surface area contributed by atoms with Crippen LogP contribution >= 0.6 is 15.9 Å². The maximum Gasteiger partial charge on any atom is 0.253 e. The first-order chi connectivity index (χ1) is 19.9. The zero-order valence-corrected chi connectivity index (χ0v) is 23.6. The number of nitrogens with one attached hydrogen (secondary N) is 1. The third-order valence-electron chi connectivity index (χ3n) is 6.56. The lowest BCUT2D eigenvalue weighted by atomic mass is 9.81. The van der Waals surface area contributed by atoms with E-state index in [1.807, 2.05) is 24.3 Å². The van der Waals surface area contributed by atoms with E-state index in [9.17, 15) is 20.5 Å². The van der Waals surface area contributed by atoms with Crippen molar-refractivity contribution in [3.8, 4) is 5.75 Å². The second kappa shape index (κ2) is 14.1. The van der Waals surface area contributed by atoms with Gasteiger partial charge in [-0.25, -0.2) is 4.99 Å². The second-order valence-corrected chi connectivity index (χ2v) is 10.3. The molecule has 3 aromatic carbocycles. The largest absolute Gasteiger partial charge is 0.494 e. The predicted octanol–water partition coefficient (Wildman–Crippen LogP) is 4.12. The summed E-state index contributed by atoms with van der Waals surface area (Å²) in [5.74, 6) is 0.205. The Bertz CT molecular complexity index is 1410. The normalized spacial score (nSPS) is 17.9. The number of azide groups is 1. The number of carbonyl (C=O) groups is 1. The van der Waals surface area contributed by atoms with Gasteiger partial charge in [0.15, 0.2) is 11.6 Å². The number of aliphatic imine (C=N–C) groups is 1. The average Bonchev–Trinajstić information content (AvgIpc) is 3.38. The van der Waals surface area contributed by atoms with Gasteiger partial charge in [-0.3, -0.25) is 4.79 Å². The van der Waals surface area contributed by atoms with Crippen LogP contribution in [-0.4, -0.2) is 65.1 Å². The van der Waals surface area contributed by atoms with E-state index >= 15 is 0 Å². The van der Waals surface area contributed by atoms with E-state index in [1.54, 1.807) is 48.5 Å². The molecule has 0 spiro atoms. The maximum absolute atomic E-state index is 14.1. The van der Waals surface area contributed by atoms with Crippen LogP contribution in [0.1, 0.15) is 29.2 Å². The van der Waals surface area contributed by atoms with Gasteiger partial charge in [0.05, 0.1) is 25.9 Å². The number of nitrogens with zero attached hydrogens (tertiary/aromatic N) is 4. The molecule has 0 aromatic heterocycles. The van der Waals surface area contributed by atoms with Crippen molar-refractivity contribution >= 4 is 33.4 Å². The first-order valence-corrected chi connectivity index (χ1v) is 13.7. The fraction of sp³-hybridized carbons (Fsp3) is 0.310.